The van der Waals surface area contributed by atoms with Crippen LogP contribution in [0.3, 0.4) is 0 Å². The number of ether oxygens (including phenoxy) is 1. The summed E-state index contributed by atoms with van der Waals surface area (Å²) >= 11 is 3.50. The number of carbonyl (C=O) groups is 1. The number of aryl methyl sites for hydroxylation is 1. The Morgan fingerprint density at radius 3 is 3.06 bits per heavy atom. The van der Waals surface area contributed by atoms with Crippen LogP contribution in [0.25, 0.3) is 10.9 Å². The zero-order valence-electron chi connectivity index (χ0n) is 9.63. The van der Waals surface area contributed by atoms with Gasteiger partial charge in [-0.25, -0.2) is 0 Å². The molecule has 0 aliphatic carbocycles. The highest BCUT2D eigenvalue weighted by Gasteiger charge is 2.04. The summed E-state index contributed by atoms with van der Waals surface area (Å²) in [5.41, 5.74) is 2.41. The Hall–Kier alpha value is -1.29. The van der Waals surface area contributed by atoms with Gasteiger partial charge in [0.2, 0.25) is 0 Å². The van der Waals surface area contributed by atoms with Crippen LogP contribution in [0, 0.1) is 0 Å². The highest BCUT2D eigenvalue weighted by molar-refractivity contribution is 9.10. The van der Waals surface area contributed by atoms with E-state index in [-0.39, 0.29) is 5.97 Å². The van der Waals surface area contributed by atoms with E-state index in [1.807, 2.05) is 6.20 Å². The van der Waals surface area contributed by atoms with Gasteiger partial charge in [0.1, 0.15) is 0 Å². The van der Waals surface area contributed by atoms with Crippen LogP contribution in [0.5, 0.6) is 0 Å². The largest absolute Gasteiger partial charge is 0.466 e. The van der Waals surface area contributed by atoms with Crippen LogP contribution in [-0.2, 0) is 16.0 Å². The smallest absolute Gasteiger partial charge is 0.302 e. The predicted molar refractivity (Wildman–Crippen MR) is 71.0 cm³/mol. The van der Waals surface area contributed by atoms with Gasteiger partial charge in [-0.15, -0.1) is 0 Å². The molecule has 2 aromatic rings. The molecule has 0 aliphatic heterocycles. The third kappa shape index (κ3) is 3.09. The molecule has 1 N–H and O–H groups in total. The second-order valence-corrected chi connectivity index (χ2v) is 4.87. The number of H-pyrrole nitrogens is 1. The molecule has 0 saturated heterocycles. The molecule has 0 fully saturated rings. The maximum atomic E-state index is 10.6. The van der Waals surface area contributed by atoms with E-state index in [4.69, 9.17) is 4.74 Å². The SMILES string of the molecule is CC(=O)OCCCc1cc(Br)cc2cc[nH]c12. The van der Waals surface area contributed by atoms with Crippen molar-refractivity contribution in [1.29, 1.82) is 0 Å². The minimum Gasteiger partial charge on any atom is -0.466 e. The molecule has 1 heterocycles. The Labute approximate surface area is 108 Å². The number of carbonyl (C=O) groups excluding carboxylic acids is 1. The van der Waals surface area contributed by atoms with Crippen molar-refractivity contribution >= 4 is 32.8 Å². The number of nitrogens with one attached hydrogen (secondary N) is 1. The monoisotopic (exact) mass is 295 g/mol. The second-order valence-electron chi connectivity index (χ2n) is 3.95. The number of hydrogen-bond acceptors (Lipinski definition) is 2. The predicted octanol–water partition coefficient (Wildman–Crippen LogP) is 3.43. The van der Waals surface area contributed by atoms with Crippen LogP contribution in [-0.4, -0.2) is 17.6 Å². The third-order valence-corrected chi connectivity index (χ3v) is 3.06. The summed E-state index contributed by atoms with van der Waals surface area (Å²) in [7, 11) is 0. The van der Waals surface area contributed by atoms with Crippen LogP contribution >= 0.6 is 15.9 Å². The van der Waals surface area contributed by atoms with Crippen molar-refractivity contribution in [3.05, 3.63) is 34.4 Å². The maximum Gasteiger partial charge on any atom is 0.302 e. The molecule has 0 atom stereocenters. The van der Waals surface area contributed by atoms with Gasteiger partial charge in [0.05, 0.1) is 6.61 Å². The Kier molecular flexibility index (Phi) is 3.84. The number of rotatable bonds is 4. The summed E-state index contributed by atoms with van der Waals surface area (Å²) in [5, 5.41) is 1.20. The lowest BCUT2D eigenvalue weighted by molar-refractivity contribution is -0.141. The van der Waals surface area contributed by atoms with Crippen LogP contribution in [0.4, 0.5) is 0 Å². The Bertz CT molecular complexity index is 533. The van der Waals surface area contributed by atoms with Gasteiger partial charge in [0, 0.05) is 28.5 Å². The fourth-order valence-electron chi connectivity index (χ4n) is 1.88. The average Bonchev–Trinajstić information content (AvgIpc) is 2.71. The first-order valence-corrected chi connectivity index (χ1v) is 6.35. The van der Waals surface area contributed by atoms with Crippen LogP contribution in [0.15, 0.2) is 28.9 Å². The number of benzene rings is 1. The molecule has 1 aromatic carbocycles. The van der Waals surface area contributed by atoms with Crippen LogP contribution in [0.2, 0.25) is 0 Å². The molecule has 17 heavy (non-hydrogen) atoms. The Balaban J connectivity index is 2.07. The third-order valence-electron chi connectivity index (χ3n) is 2.60. The lowest BCUT2D eigenvalue weighted by atomic mass is 10.1. The van der Waals surface area contributed by atoms with Gasteiger partial charge < -0.3 is 9.72 Å². The van der Waals surface area contributed by atoms with Crippen LogP contribution in [0.1, 0.15) is 18.9 Å². The van der Waals surface area contributed by atoms with E-state index in [2.05, 4.69) is 39.1 Å². The molecule has 0 saturated carbocycles. The van der Waals surface area contributed by atoms with Crippen molar-refractivity contribution in [1.82, 2.24) is 4.98 Å². The van der Waals surface area contributed by atoms with Crippen molar-refractivity contribution < 1.29 is 9.53 Å². The molecule has 0 unspecified atom stereocenters. The first kappa shape index (κ1) is 12.2. The van der Waals surface area contributed by atoms with Crippen molar-refractivity contribution in [2.24, 2.45) is 0 Å². The van der Waals surface area contributed by atoms with Gasteiger partial charge in [0.15, 0.2) is 0 Å². The Morgan fingerprint density at radius 2 is 2.29 bits per heavy atom. The quantitative estimate of drug-likeness (QED) is 0.694. The standard InChI is InChI=1S/C13H14BrNO2/c1-9(16)17-6-2-3-10-7-12(14)8-11-4-5-15-13(10)11/h4-5,7-8,15H,2-3,6H2,1H3. The van der Waals surface area contributed by atoms with Crippen molar-refractivity contribution in [2.45, 2.75) is 19.8 Å². The van der Waals surface area contributed by atoms with Crippen molar-refractivity contribution in [2.75, 3.05) is 6.61 Å². The summed E-state index contributed by atoms with van der Waals surface area (Å²) in [6.07, 6.45) is 3.67. The van der Waals surface area contributed by atoms with E-state index < -0.39 is 0 Å². The fraction of sp³-hybridized carbons (Fsp3) is 0.308. The summed E-state index contributed by atoms with van der Waals surface area (Å²) in [5.74, 6) is -0.218. The zero-order valence-corrected chi connectivity index (χ0v) is 11.2. The van der Waals surface area contributed by atoms with Gasteiger partial charge in [-0.05, 0) is 36.6 Å². The molecule has 90 valence electrons. The van der Waals surface area contributed by atoms with E-state index in [0.29, 0.717) is 6.61 Å². The lowest BCUT2D eigenvalue weighted by Crippen LogP contribution is -2.01. The number of esters is 1. The number of halogens is 1. The summed E-state index contributed by atoms with van der Waals surface area (Å²) in [6, 6.07) is 6.24. The molecular weight excluding hydrogens is 282 g/mol. The van der Waals surface area contributed by atoms with Gasteiger partial charge in [-0.2, -0.15) is 0 Å². The molecule has 0 aliphatic rings. The van der Waals surface area contributed by atoms with E-state index in [1.165, 1.54) is 17.9 Å². The van der Waals surface area contributed by atoms with Crippen molar-refractivity contribution in [3.8, 4) is 0 Å². The zero-order chi connectivity index (χ0) is 12.3. The van der Waals surface area contributed by atoms with E-state index in [1.54, 1.807) is 0 Å². The minimum absolute atomic E-state index is 0.218. The first-order valence-electron chi connectivity index (χ1n) is 5.55. The number of aromatic nitrogens is 1. The molecule has 4 heteroatoms. The average molecular weight is 296 g/mol. The lowest BCUT2D eigenvalue weighted by Gasteiger charge is -2.05. The molecule has 3 nitrogen and oxygen atoms in total. The summed E-state index contributed by atoms with van der Waals surface area (Å²) < 4.78 is 6.00. The molecule has 0 spiro atoms. The Morgan fingerprint density at radius 1 is 1.47 bits per heavy atom. The van der Waals surface area contributed by atoms with E-state index in [0.717, 1.165) is 22.8 Å². The number of aromatic amines is 1. The van der Waals surface area contributed by atoms with Crippen molar-refractivity contribution in [3.63, 3.8) is 0 Å². The maximum absolute atomic E-state index is 10.6. The second kappa shape index (κ2) is 5.36. The van der Waals surface area contributed by atoms with Gasteiger partial charge in [0.25, 0.3) is 0 Å². The molecule has 2 rings (SSSR count). The molecule has 1 aromatic heterocycles. The topological polar surface area (TPSA) is 42.1 Å². The first-order chi connectivity index (χ1) is 8.16. The van der Waals surface area contributed by atoms with Crippen LogP contribution < -0.4 is 0 Å². The molecule has 0 bridgehead atoms. The number of hydrogen-bond donors (Lipinski definition) is 1. The summed E-state index contributed by atoms with van der Waals surface area (Å²) in [6.45, 7) is 1.91. The minimum atomic E-state index is -0.218. The van der Waals surface area contributed by atoms with Gasteiger partial charge >= 0.3 is 5.97 Å². The fourth-order valence-corrected chi connectivity index (χ4v) is 2.41. The highest BCUT2D eigenvalue weighted by atomic mass is 79.9. The molecular formula is C13H14BrNO2. The number of fused-ring (bicyclic) bond motifs is 1. The summed E-state index contributed by atoms with van der Waals surface area (Å²) in [4.78, 5) is 13.9. The van der Waals surface area contributed by atoms with Gasteiger partial charge in [-0.1, -0.05) is 15.9 Å². The normalized spacial score (nSPS) is 10.7. The highest BCUT2D eigenvalue weighted by Crippen LogP contribution is 2.24. The van der Waals surface area contributed by atoms with E-state index in [9.17, 15) is 4.79 Å². The molecule has 0 amide bonds. The van der Waals surface area contributed by atoms with E-state index >= 15 is 0 Å². The molecule has 0 radical (unpaired) electrons. The van der Waals surface area contributed by atoms with Gasteiger partial charge in [-0.3, -0.25) is 4.79 Å².